The number of ether oxygens (including phenoxy) is 1. The Morgan fingerprint density at radius 1 is 1.24 bits per heavy atom. The molecule has 0 aliphatic carbocycles. The first-order valence-electron chi connectivity index (χ1n) is 5.53. The lowest BCUT2D eigenvalue weighted by Gasteiger charge is -2.09. The quantitative estimate of drug-likeness (QED) is 0.683. The number of halogens is 2. The van der Waals surface area contributed by atoms with Crippen molar-refractivity contribution in [1.29, 1.82) is 0 Å². The van der Waals surface area contributed by atoms with E-state index in [1.54, 1.807) is 0 Å². The third kappa shape index (κ3) is 3.26. The standard InChI is InChI=1S/C13H7ClFNO5/c14-7-1-3-11(9(5-7)13(17)18)21-12-4-2-8(16(19)20)6-10(12)15/h1-6H,(H,17,18). The van der Waals surface area contributed by atoms with Gasteiger partial charge in [-0.15, -0.1) is 0 Å². The number of non-ortho nitro benzene ring substituents is 1. The molecule has 2 rings (SSSR count). The van der Waals surface area contributed by atoms with Crippen molar-refractivity contribution in [1.82, 2.24) is 0 Å². The third-order valence-electron chi connectivity index (χ3n) is 2.52. The summed E-state index contributed by atoms with van der Waals surface area (Å²) in [5, 5.41) is 19.7. The fourth-order valence-electron chi connectivity index (χ4n) is 1.56. The van der Waals surface area contributed by atoms with Gasteiger partial charge in [0.1, 0.15) is 11.3 Å². The van der Waals surface area contributed by atoms with Crippen molar-refractivity contribution >= 4 is 23.3 Å². The average molecular weight is 312 g/mol. The van der Waals surface area contributed by atoms with Gasteiger partial charge < -0.3 is 9.84 Å². The van der Waals surface area contributed by atoms with Crippen LogP contribution in [0.25, 0.3) is 0 Å². The summed E-state index contributed by atoms with van der Waals surface area (Å²) in [5.41, 5.74) is -0.685. The highest BCUT2D eigenvalue weighted by Crippen LogP contribution is 2.31. The molecule has 0 saturated heterocycles. The molecule has 0 aliphatic heterocycles. The molecule has 8 heteroatoms. The Hall–Kier alpha value is -2.67. The van der Waals surface area contributed by atoms with Crippen LogP contribution < -0.4 is 4.74 Å². The zero-order chi connectivity index (χ0) is 15.6. The third-order valence-corrected chi connectivity index (χ3v) is 2.75. The Morgan fingerprint density at radius 2 is 1.90 bits per heavy atom. The molecule has 1 N–H and O–H groups in total. The summed E-state index contributed by atoms with van der Waals surface area (Å²) in [7, 11) is 0. The van der Waals surface area contributed by atoms with Crippen molar-refractivity contribution in [3.63, 3.8) is 0 Å². The number of hydrogen-bond donors (Lipinski definition) is 1. The van der Waals surface area contributed by atoms with Crippen LogP contribution in [0.5, 0.6) is 11.5 Å². The van der Waals surface area contributed by atoms with Crippen molar-refractivity contribution in [2.24, 2.45) is 0 Å². The summed E-state index contributed by atoms with van der Waals surface area (Å²) in [6, 6.07) is 6.59. The molecule has 0 unspecified atom stereocenters. The largest absolute Gasteiger partial charge is 0.478 e. The Kier molecular flexibility index (Phi) is 4.04. The second-order valence-corrected chi connectivity index (χ2v) is 4.36. The van der Waals surface area contributed by atoms with Crippen LogP contribution in [-0.2, 0) is 0 Å². The molecule has 0 spiro atoms. The monoisotopic (exact) mass is 311 g/mol. The second kappa shape index (κ2) is 5.76. The van der Waals surface area contributed by atoms with Gasteiger partial charge in [-0.3, -0.25) is 10.1 Å². The van der Waals surface area contributed by atoms with E-state index < -0.39 is 22.4 Å². The molecule has 21 heavy (non-hydrogen) atoms. The minimum atomic E-state index is -1.30. The Bertz CT molecular complexity index is 734. The molecular weight excluding hydrogens is 305 g/mol. The molecule has 108 valence electrons. The summed E-state index contributed by atoms with van der Waals surface area (Å²) in [6.45, 7) is 0. The fourth-order valence-corrected chi connectivity index (χ4v) is 1.73. The number of aromatic carboxylic acids is 1. The molecule has 0 aliphatic rings. The van der Waals surface area contributed by atoms with Crippen LogP contribution in [0.4, 0.5) is 10.1 Å². The first-order chi connectivity index (χ1) is 9.88. The van der Waals surface area contributed by atoms with Crippen LogP contribution >= 0.6 is 11.6 Å². The van der Waals surface area contributed by atoms with E-state index in [1.165, 1.54) is 12.1 Å². The Morgan fingerprint density at radius 3 is 2.48 bits per heavy atom. The second-order valence-electron chi connectivity index (χ2n) is 3.92. The maximum absolute atomic E-state index is 13.7. The maximum Gasteiger partial charge on any atom is 0.339 e. The summed E-state index contributed by atoms with van der Waals surface area (Å²) in [6.07, 6.45) is 0. The Labute approximate surface area is 122 Å². The van der Waals surface area contributed by atoms with Gasteiger partial charge in [0.25, 0.3) is 5.69 Å². The van der Waals surface area contributed by atoms with Gasteiger partial charge in [0, 0.05) is 11.1 Å². The number of benzene rings is 2. The zero-order valence-electron chi connectivity index (χ0n) is 10.2. The van der Waals surface area contributed by atoms with E-state index in [-0.39, 0.29) is 22.1 Å². The lowest BCUT2D eigenvalue weighted by Crippen LogP contribution is -2.01. The van der Waals surface area contributed by atoms with Gasteiger partial charge in [0.15, 0.2) is 11.6 Å². The van der Waals surface area contributed by atoms with Gasteiger partial charge in [-0.25, -0.2) is 9.18 Å². The van der Waals surface area contributed by atoms with Crippen LogP contribution in [-0.4, -0.2) is 16.0 Å². The van der Waals surface area contributed by atoms with Gasteiger partial charge in [-0.05, 0) is 24.3 Å². The topological polar surface area (TPSA) is 89.7 Å². The van der Waals surface area contributed by atoms with Gasteiger partial charge in [0.05, 0.1) is 11.0 Å². The van der Waals surface area contributed by atoms with Gasteiger partial charge in [-0.2, -0.15) is 0 Å². The molecule has 0 saturated carbocycles. The minimum Gasteiger partial charge on any atom is -0.478 e. The van der Waals surface area contributed by atoms with E-state index >= 15 is 0 Å². The molecule has 2 aromatic carbocycles. The molecule has 0 amide bonds. The van der Waals surface area contributed by atoms with Crippen LogP contribution in [0, 0.1) is 15.9 Å². The zero-order valence-corrected chi connectivity index (χ0v) is 11.0. The normalized spacial score (nSPS) is 10.2. The summed E-state index contributed by atoms with van der Waals surface area (Å²) >= 11 is 5.68. The molecule has 0 bridgehead atoms. The fraction of sp³-hybridized carbons (Fsp3) is 0. The summed E-state index contributed by atoms with van der Waals surface area (Å²) in [4.78, 5) is 20.8. The highest BCUT2D eigenvalue weighted by Gasteiger charge is 2.16. The number of nitro benzene ring substituents is 1. The number of carboxylic acids is 1. The van der Waals surface area contributed by atoms with E-state index in [0.29, 0.717) is 6.07 Å². The number of hydrogen-bond acceptors (Lipinski definition) is 4. The van der Waals surface area contributed by atoms with E-state index in [4.69, 9.17) is 21.4 Å². The summed E-state index contributed by atoms with van der Waals surface area (Å²) in [5.74, 6) is -2.73. The molecule has 0 fully saturated rings. The van der Waals surface area contributed by atoms with Crippen LogP contribution in [0.2, 0.25) is 5.02 Å². The molecule has 0 aromatic heterocycles. The van der Waals surface area contributed by atoms with E-state index in [2.05, 4.69) is 0 Å². The van der Waals surface area contributed by atoms with E-state index in [1.807, 2.05) is 0 Å². The first kappa shape index (κ1) is 14.7. The molecule has 2 aromatic rings. The smallest absolute Gasteiger partial charge is 0.339 e. The SMILES string of the molecule is O=C(O)c1cc(Cl)ccc1Oc1ccc([N+](=O)[O-])cc1F. The predicted octanol–water partition coefficient (Wildman–Crippen LogP) is 3.88. The molecule has 0 heterocycles. The number of nitrogens with zero attached hydrogens (tertiary/aromatic N) is 1. The van der Waals surface area contributed by atoms with Crippen molar-refractivity contribution in [3.8, 4) is 11.5 Å². The van der Waals surface area contributed by atoms with Crippen molar-refractivity contribution < 1.29 is 24.0 Å². The molecular formula is C13H7ClFNO5. The van der Waals surface area contributed by atoms with Gasteiger partial charge >= 0.3 is 5.97 Å². The summed E-state index contributed by atoms with van der Waals surface area (Å²) < 4.78 is 18.9. The molecule has 6 nitrogen and oxygen atoms in total. The highest BCUT2D eigenvalue weighted by atomic mass is 35.5. The number of nitro groups is 1. The number of carbonyl (C=O) groups is 1. The number of carboxylic acid groups (broad SMARTS) is 1. The van der Waals surface area contributed by atoms with Gasteiger partial charge in [0.2, 0.25) is 0 Å². The molecule has 0 radical (unpaired) electrons. The lowest BCUT2D eigenvalue weighted by atomic mass is 10.2. The van der Waals surface area contributed by atoms with Crippen molar-refractivity contribution in [2.75, 3.05) is 0 Å². The van der Waals surface area contributed by atoms with Crippen LogP contribution in [0.1, 0.15) is 10.4 Å². The predicted molar refractivity (Wildman–Crippen MR) is 71.5 cm³/mol. The average Bonchev–Trinajstić information content (AvgIpc) is 2.42. The van der Waals surface area contributed by atoms with Gasteiger partial charge in [-0.1, -0.05) is 11.6 Å². The highest BCUT2D eigenvalue weighted by molar-refractivity contribution is 6.31. The van der Waals surface area contributed by atoms with E-state index in [0.717, 1.165) is 18.2 Å². The lowest BCUT2D eigenvalue weighted by molar-refractivity contribution is -0.385. The first-order valence-corrected chi connectivity index (χ1v) is 5.91. The minimum absolute atomic E-state index is 0.125. The van der Waals surface area contributed by atoms with Crippen molar-refractivity contribution in [2.45, 2.75) is 0 Å². The number of rotatable bonds is 4. The molecule has 0 atom stereocenters. The Balaban J connectivity index is 2.39. The van der Waals surface area contributed by atoms with Crippen molar-refractivity contribution in [3.05, 3.63) is 62.9 Å². The van der Waals surface area contributed by atoms with Crippen LogP contribution in [0.3, 0.4) is 0 Å². The maximum atomic E-state index is 13.7. The van der Waals surface area contributed by atoms with Crippen LogP contribution in [0.15, 0.2) is 36.4 Å². The van der Waals surface area contributed by atoms with E-state index in [9.17, 15) is 19.3 Å².